The lowest BCUT2D eigenvalue weighted by atomic mass is 10.3. The maximum atomic E-state index is 11.6. The minimum Gasteiger partial charge on any atom is -0.481 e. The van der Waals surface area contributed by atoms with Crippen molar-refractivity contribution in [3.63, 3.8) is 0 Å². The van der Waals surface area contributed by atoms with Crippen molar-refractivity contribution in [2.24, 2.45) is 0 Å². The lowest BCUT2D eigenvalue weighted by Gasteiger charge is -2.16. The number of rotatable bonds is 6. The van der Waals surface area contributed by atoms with E-state index >= 15 is 0 Å². The van der Waals surface area contributed by atoms with Gasteiger partial charge in [0.1, 0.15) is 21.2 Å². The number of alkyl halides is 1. The van der Waals surface area contributed by atoms with Crippen LogP contribution in [0.3, 0.4) is 0 Å². The largest absolute Gasteiger partial charge is 0.481 e. The monoisotopic (exact) mass is 331 g/mol. The van der Waals surface area contributed by atoms with Gasteiger partial charge in [0.05, 0.1) is 12.9 Å². The van der Waals surface area contributed by atoms with E-state index in [9.17, 15) is 8.42 Å². The average Bonchev–Trinajstić information content (AvgIpc) is 2.74. The second-order valence-corrected chi connectivity index (χ2v) is 7.54. The van der Waals surface area contributed by atoms with Crippen molar-refractivity contribution in [2.75, 3.05) is 25.0 Å². The van der Waals surface area contributed by atoms with Crippen LogP contribution < -0.4 is 4.74 Å². The van der Waals surface area contributed by atoms with E-state index in [4.69, 9.17) is 16.3 Å². The highest BCUT2D eigenvalue weighted by molar-refractivity contribution is 7.90. The van der Waals surface area contributed by atoms with Gasteiger partial charge in [0.15, 0.2) is 5.65 Å². The molecule has 0 radical (unpaired) electrons. The van der Waals surface area contributed by atoms with Crippen LogP contribution in [0.1, 0.15) is 18.8 Å². The van der Waals surface area contributed by atoms with Gasteiger partial charge in [0.2, 0.25) is 5.88 Å². The highest BCUT2D eigenvalue weighted by Gasteiger charge is 2.20. The standard InChI is InChI=1S/C13H18ClN3O3S/c1-9(8-21(3,18)19)17-11(6-7-14)15-10-4-5-12(20-2)16-13(10)17/h4-5,9H,6-8H2,1-3H3. The molecule has 0 fully saturated rings. The quantitative estimate of drug-likeness (QED) is 0.755. The van der Waals surface area contributed by atoms with Crippen molar-refractivity contribution in [3.05, 3.63) is 18.0 Å². The molecule has 116 valence electrons. The number of nitrogens with zero attached hydrogens (tertiary/aromatic N) is 3. The fraction of sp³-hybridized carbons (Fsp3) is 0.538. The molecule has 1 atom stereocenters. The van der Waals surface area contributed by atoms with Crippen LogP contribution in [0.4, 0.5) is 0 Å². The molecule has 0 bridgehead atoms. The zero-order valence-electron chi connectivity index (χ0n) is 12.2. The lowest BCUT2D eigenvalue weighted by molar-refractivity contribution is 0.398. The van der Waals surface area contributed by atoms with E-state index in [-0.39, 0.29) is 11.8 Å². The SMILES string of the molecule is COc1ccc2nc(CCCl)n(C(C)CS(C)(=O)=O)c2n1. The molecule has 0 spiro atoms. The second-order valence-electron chi connectivity index (χ2n) is 4.97. The van der Waals surface area contributed by atoms with E-state index < -0.39 is 9.84 Å². The number of hydrogen-bond donors (Lipinski definition) is 0. The minimum atomic E-state index is -3.11. The molecule has 0 aliphatic heterocycles. The van der Waals surface area contributed by atoms with E-state index in [0.717, 1.165) is 5.82 Å². The normalized spacial score (nSPS) is 13.5. The lowest BCUT2D eigenvalue weighted by Crippen LogP contribution is -2.19. The van der Waals surface area contributed by atoms with Gasteiger partial charge in [-0.3, -0.25) is 0 Å². The maximum absolute atomic E-state index is 11.6. The molecule has 0 N–H and O–H groups in total. The molecule has 2 rings (SSSR count). The Balaban J connectivity index is 2.58. The predicted octanol–water partition coefficient (Wildman–Crippen LogP) is 1.83. The van der Waals surface area contributed by atoms with Crippen LogP contribution in [0.2, 0.25) is 0 Å². The first kappa shape index (κ1) is 16.0. The number of methoxy groups -OCH3 is 1. The Hall–Kier alpha value is -1.34. The summed E-state index contributed by atoms with van der Waals surface area (Å²) < 4.78 is 30.1. The van der Waals surface area contributed by atoms with Gasteiger partial charge >= 0.3 is 0 Å². The second kappa shape index (κ2) is 6.19. The fourth-order valence-electron chi connectivity index (χ4n) is 2.35. The molecule has 0 aliphatic carbocycles. The molecule has 0 amide bonds. The molecule has 0 saturated carbocycles. The van der Waals surface area contributed by atoms with Crippen molar-refractivity contribution in [1.29, 1.82) is 0 Å². The van der Waals surface area contributed by atoms with Gasteiger partial charge in [0, 0.05) is 30.7 Å². The first-order valence-electron chi connectivity index (χ1n) is 6.51. The zero-order valence-corrected chi connectivity index (χ0v) is 13.8. The summed E-state index contributed by atoms with van der Waals surface area (Å²) in [5.74, 6) is 1.63. The van der Waals surface area contributed by atoms with Crippen LogP contribution in [0.5, 0.6) is 5.88 Å². The number of ether oxygens (including phenoxy) is 1. The predicted molar refractivity (Wildman–Crippen MR) is 82.9 cm³/mol. The summed E-state index contributed by atoms with van der Waals surface area (Å²) in [5, 5.41) is 0. The molecule has 2 aromatic heterocycles. The molecule has 0 aromatic carbocycles. The van der Waals surface area contributed by atoms with Crippen LogP contribution in [0.25, 0.3) is 11.2 Å². The number of halogens is 1. The van der Waals surface area contributed by atoms with E-state index in [1.807, 2.05) is 17.6 Å². The number of imidazole rings is 1. The van der Waals surface area contributed by atoms with Crippen molar-refractivity contribution in [2.45, 2.75) is 19.4 Å². The maximum Gasteiger partial charge on any atom is 0.215 e. The average molecular weight is 332 g/mol. The van der Waals surface area contributed by atoms with Gasteiger partial charge in [-0.15, -0.1) is 11.6 Å². The highest BCUT2D eigenvalue weighted by Crippen LogP contribution is 2.23. The van der Waals surface area contributed by atoms with E-state index in [0.29, 0.717) is 29.3 Å². The Morgan fingerprint density at radius 2 is 2.10 bits per heavy atom. The first-order chi connectivity index (χ1) is 9.85. The molecule has 1 unspecified atom stereocenters. The zero-order chi connectivity index (χ0) is 15.6. The third-order valence-corrected chi connectivity index (χ3v) is 4.37. The number of sulfone groups is 1. The van der Waals surface area contributed by atoms with Gasteiger partial charge in [-0.1, -0.05) is 0 Å². The van der Waals surface area contributed by atoms with Crippen LogP contribution in [-0.2, 0) is 16.3 Å². The fourth-order valence-corrected chi connectivity index (χ4v) is 3.55. The Labute approximate surface area is 129 Å². The Morgan fingerprint density at radius 3 is 2.67 bits per heavy atom. The highest BCUT2D eigenvalue weighted by atomic mass is 35.5. The van der Waals surface area contributed by atoms with Gasteiger partial charge in [0.25, 0.3) is 0 Å². The summed E-state index contributed by atoms with van der Waals surface area (Å²) in [6.45, 7) is 1.83. The molecular formula is C13H18ClN3O3S. The number of hydrogen-bond acceptors (Lipinski definition) is 5. The van der Waals surface area contributed by atoms with Gasteiger partial charge in [-0.25, -0.2) is 13.4 Å². The third-order valence-electron chi connectivity index (χ3n) is 3.10. The molecule has 2 heterocycles. The van der Waals surface area contributed by atoms with Crippen molar-refractivity contribution in [1.82, 2.24) is 14.5 Å². The smallest absolute Gasteiger partial charge is 0.215 e. The van der Waals surface area contributed by atoms with Crippen LogP contribution in [0, 0.1) is 0 Å². The van der Waals surface area contributed by atoms with E-state index in [1.165, 1.54) is 13.4 Å². The topological polar surface area (TPSA) is 74.1 Å². The summed E-state index contributed by atoms with van der Waals surface area (Å²) in [6.07, 6.45) is 1.77. The number of fused-ring (bicyclic) bond motifs is 1. The molecule has 2 aromatic rings. The minimum absolute atomic E-state index is 0.0205. The van der Waals surface area contributed by atoms with Crippen molar-refractivity contribution < 1.29 is 13.2 Å². The Morgan fingerprint density at radius 1 is 1.38 bits per heavy atom. The Bertz CT molecular complexity index is 742. The van der Waals surface area contributed by atoms with Crippen LogP contribution in [-0.4, -0.2) is 48.0 Å². The van der Waals surface area contributed by atoms with Crippen LogP contribution >= 0.6 is 11.6 Å². The van der Waals surface area contributed by atoms with Gasteiger partial charge in [-0.05, 0) is 13.0 Å². The summed E-state index contributed by atoms with van der Waals surface area (Å²) in [7, 11) is -1.57. The summed E-state index contributed by atoms with van der Waals surface area (Å²) in [5.41, 5.74) is 1.32. The van der Waals surface area contributed by atoms with E-state index in [1.54, 1.807) is 6.07 Å². The van der Waals surface area contributed by atoms with Crippen molar-refractivity contribution in [3.8, 4) is 5.88 Å². The van der Waals surface area contributed by atoms with Gasteiger partial charge < -0.3 is 9.30 Å². The molecule has 6 nitrogen and oxygen atoms in total. The number of aromatic nitrogens is 3. The van der Waals surface area contributed by atoms with E-state index in [2.05, 4.69) is 9.97 Å². The molecule has 21 heavy (non-hydrogen) atoms. The summed E-state index contributed by atoms with van der Waals surface area (Å²) >= 11 is 5.82. The number of pyridine rings is 1. The molecule has 8 heteroatoms. The van der Waals surface area contributed by atoms with Crippen LogP contribution in [0.15, 0.2) is 12.1 Å². The molecular weight excluding hydrogens is 314 g/mol. The molecule has 0 saturated heterocycles. The van der Waals surface area contributed by atoms with Crippen molar-refractivity contribution >= 4 is 32.6 Å². The number of aryl methyl sites for hydroxylation is 1. The Kier molecular flexibility index (Phi) is 4.73. The van der Waals surface area contributed by atoms with Gasteiger partial charge in [-0.2, -0.15) is 4.98 Å². The third kappa shape index (κ3) is 3.65. The summed E-state index contributed by atoms with van der Waals surface area (Å²) in [4.78, 5) is 8.88. The summed E-state index contributed by atoms with van der Waals surface area (Å²) in [6, 6.07) is 3.26. The first-order valence-corrected chi connectivity index (χ1v) is 9.10. The molecule has 0 aliphatic rings.